The monoisotopic (exact) mass is 299 g/mol. The van der Waals surface area contributed by atoms with Gasteiger partial charge in [-0.05, 0) is 18.2 Å². The first-order valence-corrected chi connectivity index (χ1v) is 7.18. The summed E-state index contributed by atoms with van der Waals surface area (Å²) in [6, 6.07) is 17.9. The zero-order valence-corrected chi connectivity index (χ0v) is 12.0. The number of rotatable bonds is 4. The predicted octanol–water partition coefficient (Wildman–Crippen LogP) is 2.88. The minimum Gasteiger partial charge on any atom is -0.349 e. The molecule has 1 aromatic heterocycles. The van der Waals surface area contributed by atoms with Crippen molar-refractivity contribution in [3.05, 3.63) is 60.3 Å². The Balaban J connectivity index is 2.04. The number of carbonyl (C=O) groups excluding carboxylic acids is 1. The predicted molar refractivity (Wildman–Crippen MR) is 83.6 cm³/mol. The van der Waals surface area contributed by atoms with Crippen LogP contribution >= 0.6 is 11.6 Å². The molecule has 3 aromatic rings. The van der Waals surface area contributed by atoms with Gasteiger partial charge < -0.3 is 5.32 Å². The second kappa shape index (κ2) is 5.97. The highest BCUT2D eigenvalue weighted by molar-refractivity contribution is 6.27. The third kappa shape index (κ3) is 2.76. The van der Waals surface area contributed by atoms with Gasteiger partial charge in [0.2, 0.25) is 5.91 Å². The van der Waals surface area contributed by atoms with Crippen molar-refractivity contribution in [2.24, 2.45) is 0 Å². The highest BCUT2D eigenvalue weighted by Crippen LogP contribution is 2.21. The molecule has 2 aromatic carbocycles. The van der Waals surface area contributed by atoms with Gasteiger partial charge in [0, 0.05) is 5.39 Å². The van der Waals surface area contributed by atoms with Gasteiger partial charge in [0.25, 0.3) is 0 Å². The second-order valence-electron chi connectivity index (χ2n) is 4.62. The molecule has 0 aliphatic heterocycles. The molecule has 0 saturated carbocycles. The maximum atomic E-state index is 11.3. The summed E-state index contributed by atoms with van der Waals surface area (Å²) in [7, 11) is 0. The molecule has 106 valence electrons. The number of hydrogen-bond donors (Lipinski definition) is 1. The van der Waals surface area contributed by atoms with Crippen LogP contribution < -0.4 is 5.32 Å². The number of para-hydroxylation sites is 2. The Bertz CT molecular complexity index is 768. The number of alkyl halides is 1. The molecule has 0 unspecified atom stereocenters. The lowest BCUT2D eigenvalue weighted by molar-refractivity contribution is -0.118. The van der Waals surface area contributed by atoms with Gasteiger partial charge >= 0.3 is 0 Å². The molecule has 0 aliphatic rings. The maximum absolute atomic E-state index is 11.3. The summed E-state index contributed by atoms with van der Waals surface area (Å²) in [6.45, 7) is 0.367. The molecule has 5 heteroatoms. The van der Waals surface area contributed by atoms with Crippen LogP contribution in [0.5, 0.6) is 0 Å². The van der Waals surface area contributed by atoms with Crippen LogP contribution in [-0.4, -0.2) is 21.6 Å². The molecule has 0 spiro atoms. The van der Waals surface area contributed by atoms with E-state index in [0.717, 1.165) is 22.3 Å². The zero-order valence-electron chi connectivity index (χ0n) is 11.3. The Labute approximate surface area is 127 Å². The average molecular weight is 300 g/mol. The van der Waals surface area contributed by atoms with Crippen molar-refractivity contribution < 1.29 is 4.79 Å². The van der Waals surface area contributed by atoms with Gasteiger partial charge in [-0.15, -0.1) is 11.6 Å². The number of nitrogens with one attached hydrogen (secondary N) is 1. The summed E-state index contributed by atoms with van der Waals surface area (Å²) in [6.07, 6.45) is 0. The molecular weight excluding hydrogens is 286 g/mol. The van der Waals surface area contributed by atoms with Crippen LogP contribution in [0.2, 0.25) is 0 Å². The highest BCUT2D eigenvalue weighted by atomic mass is 35.5. The first kappa shape index (κ1) is 13.6. The van der Waals surface area contributed by atoms with Gasteiger partial charge in [0.1, 0.15) is 5.88 Å². The van der Waals surface area contributed by atoms with E-state index in [9.17, 15) is 4.79 Å². The van der Waals surface area contributed by atoms with Crippen molar-refractivity contribution in [1.29, 1.82) is 0 Å². The van der Waals surface area contributed by atoms with Crippen LogP contribution in [0, 0.1) is 0 Å². The molecule has 0 atom stereocenters. The topological polar surface area (TPSA) is 46.9 Å². The van der Waals surface area contributed by atoms with E-state index in [1.807, 2.05) is 59.3 Å². The molecule has 0 fully saturated rings. The summed E-state index contributed by atoms with van der Waals surface area (Å²) < 4.78 is 1.89. The molecule has 0 radical (unpaired) electrons. The van der Waals surface area contributed by atoms with Gasteiger partial charge in [-0.3, -0.25) is 4.79 Å². The third-order valence-electron chi connectivity index (χ3n) is 3.24. The number of fused-ring (bicyclic) bond motifs is 1. The van der Waals surface area contributed by atoms with E-state index < -0.39 is 0 Å². The lowest BCUT2D eigenvalue weighted by Gasteiger charge is -2.02. The van der Waals surface area contributed by atoms with Crippen molar-refractivity contribution in [2.45, 2.75) is 6.54 Å². The first-order chi connectivity index (χ1) is 10.3. The number of nitrogens with zero attached hydrogens (tertiary/aromatic N) is 2. The van der Waals surface area contributed by atoms with Crippen LogP contribution in [0.1, 0.15) is 5.69 Å². The number of halogens is 1. The Morgan fingerprint density at radius 3 is 2.57 bits per heavy atom. The molecule has 1 heterocycles. The van der Waals surface area contributed by atoms with Crippen molar-refractivity contribution in [1.82, 2.24) is 15.1 Å². The summed E-state index contributed by atoms with van der Waals surface area (Å²) in [5.41, 5.74) is 2.83. The SMILES string of the molecule is O=C(CCl)NCc1nn(-c2ccccc2)c2ccccc12. The molecule has 0 saturated heterocycles. The Morgan fingerprint density at radius 1 is 1.10 bits per heavy atom. The van der Waals surface area contributed by atoms with Crippen LogP contribution in [0.4, 0.5) is 0 Å². The molecule has 4 nitrogen and oxygen atoms in total. The number of amides is 1. The van der Waals surface area contributed by atoms with Gasteiger partial charge in [-0.25, -0.2) is 4.68 Å². The molecule has 0 aliphatic carbocycles. The quantitative estimate of drug-likeness (QED) is 0.753. The summed E-state index contributed by atoms with van der Waals surface area (Å²) >= 11 is 5.50. The Morgan fingerprint density at radius 2 is 1.81 bits per heavy atom. The Kier molecular flexibility index (Phi) is 3.88. The maximum Gasteiger partial charge on any atom is 0.235 e. The normalized spacial score (nSPS) is 10.7. The third-order valence-corrected chi connectivity index (χ3v) is 3.48. The van der Waals surface area contributed by atoms with Crippen molar-refractivity contribution in [2.75, 3.05) is 5.88 Å². The summed E-state index contributed by atoms with van der Waals surface area (Å²) in [4.78, 5) is 11.3. The second-order valence-corrected chi connectivity index (χ2v) is 4.89. The van der Waals surface area contributed by atoms with Gasteiger partial charge in [0.05, 0.1) is 23.4 Å². The minimum absolute atomic E-state index is 0.0443. The molecule has 1 amide bonds. The molecule has 1 N–H and O–H groups in total. The van der Waals surface area contributed by atoms with Crippen molar-refractivity contribution in [3.8, 4) is 5.69 Å². The lowest BCUT2D eigenvalue weighted by atomic mass is 10.2. The van der Waals surface area contributed by atoms with Gasteiger partial charge in [0.15, 0.2) is 0 Å². The van der Waals surface area contributed by atoms with Crippen LogP contribution in [0.3, 0.4) is 0 Å². The van der Waals surface area contributed by atoms with E-state index in [-0.39, 0.29) is 11.8 Å². The molecule has 0 bridgehead atoms. The Hall–Kier alpha value is -2.33. The van der Waals surface area contributed by atoms with Crippen LogP contribution in [0.25, 0.3) is 16.6 Å². The highest BCUT2D eigenvalue weighted by Gasteiger charge is 2.11. The van der Waals surface area contributed by atoms with E-state index in [0.29, 0.717) is 6.54 Å². The first-order valence-electron chi connectivity index (χ1n) is 6.64. The fourth-order valence-electron chi connectivity index (χ4n) is 2.26. The van der Waals surface area contributed by atoms with Crippen molar-refractivity contribution in [3.63, 3.8) is 0 Å². The standard InChI is InChI=1S/C16H14ClN3O/c17-10-16(21)18-11-14-13-8-4-5-9-15(13)20(19-14)12-6-2-1-3-7-12/h1-9H,10-11H2,(H,18,21). The summed E-state index contributed by atoms with van der Waals surface area (Å²) in [5.74, 6) is -0.243. The van der Waals surface area contributed by atoms with Crippen LogP contribution in [-0.2, 0) is 11.3 Å². The number of hydrogen-bond acceptors (Lipinski definition) is 2. The zero-order chi connectivity index (χ0) is 14.7. The van der Waals surface area contributed by atoms with E-state index >= 15 is 0 Å². The molecule has 3 rings (SSSR count). The van der Waals surface area contributed by atoms with Gasteiger partial charge in [-0.1, -0.05) is 36.4 Å². The average Bonchev–Trinajstić information content (AvgIpc) is 2.92. The smallest absolute Gasteiger partial charge is 0.235 e. The largest absolute Gasteiger partial charge is 0.349 e. The fourth-order valence-corrected chi connectivity index (χ4v) is 2.35. The van der Waals surface area contributed by atoms with E-state index in [4.69, 9.17) is 11.6 Å². The van der Waals surface area contributed by atoms with E-state index in [1.54, 1.807) is 0 Å². The molecular formula is C16H14ClN3O. The number of aromatic nitrogens is 2. The minimum atomic E-state index is -0.199. The number of benzene rings is 2. The van der Waals surface area contributed by atoms with Crippen molar-refractivity contribution >= 4 is 28.4 Å². The van der Waals surface area contributed by atoms with E-state index in [1.165, 1.54) is 0 Å². The molecule has 21 heavy (non-hydrogen) atoms. The van der Waals surface area contributed by atoms with E-state index in [2.05, 4.69) is 10.4 Å². The summed E-state index contributed by atoms with van der Waals surface area (Å²) in [5, 5.41) is 8.41. The fraction of sp³-hybridized carbons (Fsp3) is 0.125. The van der Waals surface area contributed by atoms with Gasteiger partial charge in [-0.2, -0.15) is 5.10 Å². The lowest BCUT2D eigenvalue weighted by Crippen LogP contribution is -2.24. The number of carbonyl (C=O) groups is 1. The van der Waals surface area contributed by atoms with Crippen LogP contribution in [0.15, 0.2) is 54.6 Å².